The van der Waals surface area contributed by atoms with Gasteiger partial charge in [0.25, 0.3) is 0 Å². The average molecular weight is 329 g/mol. The summed E-state index contributed by atoms with van der Waals surface area (Å²) in [6, 6.07) is 10.1. The second-order valence-corrected chi connectivity index (χ2v) is 5.17. The molecule has 1 aromatic carbocycles. The fraction of sp³-hybridized carbons (Fsp3) is 0.353. The summed E-state index contributed by atoms with van der Waals surface area (Å²) in [7, 11) is 0. The van der Waals surface area contributed by atoms with Gasteiger partial charge in [-0.3, -0.25) is 0 Å². The van der Waals surface area contributed by atoms with Gasteiger partial charge in [-0.2, -0.15) is 5.26 Å². The third-order valence-corrected chi connectivity index (χ3v) is 3.53. The summed E-state index contributed by atoms with van der Waals surface area (Å²) in [5.74, 6) is 0. The summed E-state index contributed by atoms with van der Waals surface area (Å²) < 4.78 is 10.5. The van der Waals surface area contributed by atoms with Gasteiger partial charge < -0.3 is 14.8 Å². The van der Waals surface area contributed by atoms with Crippen molar-refractivity contribution in [3.8, 4) is 6.07 Å². The van der Waals surface area contributed by atoms with Gasteiger partial charge >= 0.3 is 12.1 Å². The van der Waals surface area contributed by atoms with E-state index in [1.54, 1.807) is 13.8 Å². The van der Waals surface area contributed by atoms with Crippen molar-refractivity contribution in [2.45, 2.75) is 26.5 Å². The highest BCUT2D eigenvalue weighted by Gasteiger charge is 2.38. The topological polar surface area (TPSA) is 91.7 Å². The number of ether oxygens (including phenoxy) is 2. The van der Waals surface area contributed by atoms with Crippen LogP contribution in [0.2, 0.25) is 0 Å². The van der Waals surface area contributed by atoms with E-state index in [0.29, 0.717) is 12.3 Å². The normalized spacial score (nSPS) is 17.3. The molecule has 0 spiro atoms. The Hall–Kier alpha value is -2.85. The first kappa shape index (κ1) is 17.5. The van der Waals surface area contributed by atoms with Gasteiger partial charge in [0.15, 0.2) is 0 Å². The summed E-state index contributed by atoms with van der Waals surface area (Å²) >= 11 is 0. The molecule has 2 rings (SSSR count). The van der Waals surface area contributed by atoms with E-state index in [-0.39, 0.29) is 18.8 Å². The van der Waals surface area contributed by atoms with Crippen LogP contribution in [-0.2, 0) is 16.1 Å². The average Bonchev–Trinajstić information content (AvgIpc) is 2.56. The molecule has 0 fully saturated rings. The van der Waals surface area contributed by atoms with Crippen molar-refractivity contribution in [2.24, 2.45) is 0 Å². The van der Waals surface area contributed by atoms with Gasteiger partial charge in [0.1, 0.15) is 6.04 Å². The van der Waals surface area contributed by atoms with Gasteiger partial charge in [-0.1, -0.05) is 30.3 Å². The highest BCUT2D eigenvalue weighted by atomic mass is 16.6. The Morgan fingerprint density at radius 1 is 1.38 bits per heavy atom. The van der Waals surface area contributed by atoms with Crippen molar-refractivity contribution < 1.29 is 19.1 Å². The number of nitrogens with one attached hydrogen (secondary N) is 1. The third kappa shape index (κ3) is 3.91. The SMILES string of the molecule is CCOC(=O)N1C(=O)NC(C)=C(C#N)C1COCc1ccccc1. The maximum absolute atomic E-state index is 12.1. The van der Waals surface area contributed by atoms with Crippen LogP contribution in [0.4, 0.5) is 9.59 Å². The lowest BCUT2D eigenvalue weighted by Gasteiger charge is -2.33. The maximum Gasteiger partial charge on any atom is 0.418 e. The van der Waals surface area contributed by atoms with Crippen molar-refractivity contribution in [1.82, 2.24) is 10.2 Å². The van der Waals surface area contributed by atoms with Crippen LogP contribution in [-0.4, -0.2) is 36.3 Å². The first-order valence-corrected chi connectivity index (χ1v) is 7.58. The zero-order valence-electron chi connectivity index (χ0n) is 13.6. The van der Waals surface area contributed by atoms with Gasteiger partial charge in [0, 0.05) is 5.70 Å². The molecule has 1 aliphatic heterocycles. The van der Waals surface area contributed by atoms with Gasteiger partial charge in [-0.25, -0.2) is 14.5 Å². The minimum absolute atomic E-state index is 0.0152. The molecule has 1 heterocycles. The fourth-order valence-electron chi connectivity index (χ4n) is 2.39. The molecule has 0 saturated carbocycles. The number of carbonyl (C=O) groups excluding carboxylic acids is 2. The Kier molecular flexibility index (Phi) is 5.93. The van der Waals surface area contributed by atoms with Crippen LogP contribution in [0.1, 0.15) is 19.4 Å². The van der Waals surface area contributed by atoms with Crippen LogP contribution in [0, 0.1) is 11.3 Å². The second kappa shape index (κ2) is 8.13. The molecule has 0 saturated heterocycles. The Balaban J connectivity index is 2.15. The quantitative estimate of drug-likeness (QED) is 0.896. The van der Waals surface area contributed by atoms with Crippen LogP contribution >= 0.6 is 0 Å². The van der Waals surface area contributed by atoms with E-state index in [4.69, 9.17) is 9.47 Å². The molecule has 7 heteroatoms. The zero-order valence-corrected chi connectivity index (χ0v) is 13.6. The lowest BCUT2D eigenvalue weighted by atomic mass is 10.0. The Labute approximate surface area is 140 Å². The number of benzene rings is 1. The Morgan fingerprint density at radius 2 is 2.08 bits per heavy atom. The maximum atomic E-state index is 12.1. The summed E-state index contributed by atoms with van der Waals surface area (Å²) in [4.78, 5) is 25.1. The Morgan fingerprint density at radius 3 is 2.71 bits per heavy atom. The van der Waals surface area contributed by atoms with Crippen molar-refractivity contribution in [2.75, 3.05) is 13.2 Å². The number of rotatable bonds is 5. The minimum Gasteiger partial charge on any atom is -0.449 e. The molecular weight excluding hydrogens is 310 g/mol. The van der Waals surface area contributed by atoms with Crippen LogP contribution in [0.3, 0.4) is 0 Å². The standard InChI is InChI=1S/C17H19N3O4/c1-3-24-17(22)20-15(14(9-18)12(2)19-16(20)21)11-23-10-13-7-5-4-6-8-13/h4-8,15H,3,10-11H2,1-2H3,(H,19,21). The molecule has 0 radical (unpaired) electrons. The smallest absolute Gasteiger partial charge is 0.418 e. The number of hydrogen-bond donors (Lipinski definition) is 1. The summed E-state index contributed by atoms with van der Waals surface area (Å²) in [5, 5.41) is 11.9. The van der Waals surface area contributed by atoms with Crippen molar-refractivity contribution in [3.05, 3.63) is 47.2 Å². The first-order chi connectivity index (χ1) is 11.6. The monoisotopic (exact) mass is 329 g/mol. The van der Waals surface area contributed by atoms with Crippen LogP contribution in [0.5, 0.6) is 0 Å². The van der Waals surface area contributed by atoms with Crippen LogP contribution in [0.15, 0.2) is 41.6 Å². The van der Waals surface area contributed by atoms with E-state index >= 15 is 0 Å². The number of allylic oxidation sites excluding steroid dienone is 1. The number of nitriles is 1. The van der Waals surface area contributed by atoms with Crippen LogP contribution in [0.25, 0.3) is 0 Å². The lowest BCUT2D eigenvalue weighted by molar-refractivity contribution is 0.0590. The molecule has 7 nitrogen and oxygen atoms in total. The molecule has 0 aliphatic carbocycles. The lowest BCUT2D eigenvalue weighted by Crippen LogP contribution is -2.55. The van der Waals surface area contributed by atoms with Crippen molar-refractivity contribution in [3.63, 3.8) is 0 Å². The largest absolute Gasteiger partial charge is 0.449 e. The highest BCUT2D eigenvalue weighted by molar-refractivity contribution is 5.94. The molecule has 126 valence electrons. The third-order valence-electron chi connectivity index (χ3n) is 3.53. The molecule has 1 atom stereocenters. The summed E-state index contributed by atoms with van der Waals surface area (Å²) in [6.07, 6.45) is -0.802. The first-order valence-electron chi connectivity index (χ1n) is 7.58. The molecule has 0 aromatic heterocycles. The molecular formula is C17H19N3O4. The van der Waals surface area contributed by atoms with Gasteiger partial charge in [0.2, 0.25) is 0 Å². The van der Waals surface area contributed by atoms with Crippen molar-refractivity contribution >= 4 is 12.1 Å². The number of nitrogens with zero attached hydrogens (tertiary/aromatic N) is 2. The minimum atomic E-state index is -0.813. The van der Waals surface area contributed by atoms with E-state index in [1.807, 2.05) is 36.4 Å². The van der Waals surface area contributed by atoms with E-state index < -0.39 is 18.2 Å². The number of hydrogen-bond acceptors (Lipinski definition) is 5. The van der Waals surface area contributed by atoms with E-state index in [0.717, 1.165) is 10.5 Å². The number of imide groups is 1. The highest BCUT2D eigenvalue weighted by Crippen LogP contribution is 2.21. The van der Waals surface area contributed by atoms with Crippen LogP contribution < -0.4 is 5.32 Å². The molecule has 24 heavy (non-hydrogen) atoms. The second-order valence-electron chi connectivity index (χ2n) is 5.17. The molecule has 1 unspecified atom stereocenters. The molecule has 0 bridgehead atoms. The van der Waals surface area contributed by atoms with E-state index in [1.165, 1.54) is 0 Å². The fourth-order valence-corrected chi connectivity index (χ4v) is 2.39. The molecule has 1 N–H and O–H groups in total. The van der Waals surface area contributed by atoms with Crippen molar-refractivity contribution in [1.29, 1.82) is 5.26 Å². The number of carbonyl (C=O) groups is 2. The number of amides is 3. The zero-order chi connectivity index (χ0) is 17.5. The molecule has 3 amide bonds. The van der Waals surface area contributed by atoms with Gasteiger partial charge in [0.05, 0.1) is 31.5 Å². The Bertz CT molecular complexity index is 679. The van der Waals surface area contributed by atoms with E-state index in [9.17, 15) is 14.9 Å². The van der Waals surface area contributed by atoms with Gasteiger partial charge in [-0.15, -0.1) is 0 Å². The molecule has 1 aromatic rings. The number of urea groups is 1. The predicted molar refractivity (Wildman–Crippen MR) is 85.6 cm³/mol. The molecule has 1 aliphatic rings. The summed E-state index contributed by atoms with van der Waals surface area (Å²) in [5.41, 5.74) is 1.65. The predicted octanol–water partition coefficient (Wildman–Crippen LogP) is 2.55. The van der Waals surface area contributed by atoms with Gasteiger partial charge in [-0.05, 0) is 19.4 Å². The summed E-state index contributed by atoms with van der Waals surface area (Å²) in [6.45, 7) is 3.72. The van der Waals surface area contributed by atoms with E-state index in [2.05, 4.69) is 5.32 Å².